The molecule has 2 N–H and O–H groups in total. The maximum absolute atomic E-state index is 12.9. The monoisotopic (exact) mass is 515 g/mol. The van der Waals surface area contributed by atoms with Gasteiger partial charge in [-0.2, -0.15) is 8.75 Å². The average molecular weight is 516 g/mol. The highest BCUT2D eigenvalue weighted by atomic mass is 32.2. The average Bonchev–Trinajstić information content (AvgIpc) is 3.26. The zero-order valence-electron chi connectivity index (χ0n) is 18.1. The molecule has 1 aromatic heterocycles. The van der Waals surface area contributed by atoms with Crippen molar-refractivity contribution in [3.63, 3.8) is 0 Å². The van der Waals surface area contributed by atoms with Gasteiger partial charge in [0.2, 0.25) is 6.61 Å². The molecule has 12 nitrogen and oxygen atoms in total. The molecule has 0 aliphatic carbocycles. The van der Waals surface area contributed by atoms with E-state index in [1.54, 1.807) is 27.0 Å². The molecule has 1 unspecified atom stereocenters. The van der Waals surface area contributed by atoms with Gasteiger partial charge in [0.05, 0.1) is 17.9 Å². The molecular formula is C18H21N5O7S3. The molecule has 3 rings (SSSR count). The summed E-state index contributed by atoms with van der Waals surface area (Å²) >= 11 is 3.45. The zero-order chi connectivity index (χ0) is 24.3. The van der Waals surface area contributed by atoms with E-state index >= 15 is 0 Å². The third-order valence-electron chi connectivity index (χ3n) is 4.25. The van der Waals surface area contributed by atoms with E-state index in [2.05, 4.69) is 19.2 Å². The van der Waals surface area contributed by atoms with Crippen LogP contribution in [-0.4, -0.2) is 83.9 Å². The van der Waals surface area contributed by atoms with Crippen molar-refractivity contribution in [1.29, 1.82) is 0 Å². The molecule has 0 radical (unpaired) electrons. The fourth-order valence-electron chi connectivity index (χ4n) is 2.95. The van der Waals surface area contributed by atoms with Crippen LogP contribution < -0.4 is 5.32 Å². The third kappa shape index (κ3) is 5.65. The Hall–Kier alpha value is -2.65. The number of amides is 2. The van der Waals surface area contributed by atoms with Gasteiger partial charge >= 0.3 is 11.9 Å². The summed E-state index contributed by atoms with van der Waals surface area (Å²) in [4.78, 5) is 55.8. The number of thioether (sulfide) groups is 2. The normalized spacial score (nSPS) is 20.7. The largest absolute Gasteiger partial charge is 0.477 e. The minimum absolute atomic E-state index is 0.0694. The quantitative estimate of drug-likeness (QED) is 0.217. The minimum atomic E-state index is -1.20. The number of nitrogens with zero attached hydrogens (tertiary/aromatic N) is 4. The topological polar surface area (TPSA) is 160 Å². The number of β-lactam (4-membered cyclic amide) rings is 1. The highest BCUT2D eigenvalue weighted by molar-refractivity contribution is 8.05. The molecule has 2 aliphatic rings. The summed E-state index contributed by atoms with van der Waals surface area (Å²) in [6.07, 6.45) is 3.03. The molecule has 1 aromatic rings. The SMILES string of the molecule is CSC1=C(C(=O)O)N2C(=O)C(NC(=O)/C(=N\OCC(=O)OC(C)(C)C)c3cnsn3)[C@H]2SC1. The van der Waals surface area contributed by atoms with Crippen LogP contribution in [0.15, 0.2) is 22.0 Å². The lowest BCUT2D eigenvalue weighted by Gasteiger charge is -2.49. The number of carboxylic acids is 1. The maximum atomic E-state index is 12.9. The smallest absolute Gasteiger partial charge is 0.353 e. The van der Waals surface area contributed by atoms with Gasteiger partial charge < -0.3 is 20.0 Å². The molecule has 0 saturated carbocycles. The fourth-order valence-corrected chi connectivity index (χ4v) is 5.62. The highest BCUT2D eigenvalue weighted by Crippen LogP contribution is 2.42. The molecule has 0 spiro atoms. The van der Waals surface area contributed by atoms with Gasteiger partial charge in [0, 0.05) is 10.7 Å². The van der Waals surface area contributed by atoms with Crippen LogP contribution in [0.3, 0.4) is 0 Å². The van der Waals surface area contributed by atoms with E-state index in [0.717, 1.165) is 11.7 Å². The van der Waals surface area contributed by atoms with Gasteiger partial charge in [-0.25, -0.2) is 9.59 Å². The minimum Gasteiger partial charge on any atom is -0.477 e. The van der Waals surface area contributed by atoms with Gasteiger partial charge in [0.25, 0.3) is 11.8 Å². The van der Waals surface area contributed by atoms with Gasteiger partial charge in [0.1, 0.15) is 28.4 Å². The second-order valence-corrected chi connectivity index (χ2v) is 10.3. The van der Waals surface area contributed by atoms with Crippen LogP contribution in [0.2, 0.25) is 0 Å². The van der Waals surface area contributed by atoms with Crippen LogP contribution in [0.5, 0.6) is 0 Å². The van der Waals surface area contributed by atoms with Crippen molar-refractivity contribution in [2.75, 3.05) is 18.6 Å². The van der Waals surface area contributed by atoms with E-state index in [1.165, 1.54) is 34.6 Å². The molecule has 2 atom stereocenters. The molecule has 0 aromatic carbocycles. The number of aromatic nitrogens is 2. The number of carboxylic acid groups (broad SMARTS) is 1. The van der Waals surface area contributed by atoms with Crippen molar-refractivity contribution >= 4 is 64.7 Å². The Balaban J connectivity index is 1.71. The van der Waals surface area contributed by atoms with Gasteiger partial charge in [-0.1, -0.05) is 5.16 Å². The molecule has 1 fully saturated rings. The third-order valence-corrected chi connectivity index (χ3v) is 7.02. The molecule has 0 bridgehead atoms. The first-order valence-corrected chi connectivity index (χ1v) is 12.5. The number of ether oxygens (including phenoxy) is 1. The summed E-state index contributed by atoms with van der Waals surface area (Å²) in [6.45, 7) is 4.56. The first kappa shape index (κ1) is 25.0. The maximum Gasteiger partial charge on any atom is 0.353 e. The van der Waals surface area contributed by atoms with E-state index in [4.69, 9.17) is 9.57 Å². The Morgan fingerprint density at radius 1 is 1.39 bits per heavy atom. The lowest BCUT2D eigenvalue weighted by Crippen LogP contribution is -2.71. The second-order valence-electron chi connectivity index (χ2n) is 7.73. The summed E-state index contributed by atoms with van der Waals surface area (Å²) in [7, 11) is 0. The Morgan fingerprint density at radius 3 is 2.70 bits per heavy atom. The highest BCUT2D eigenvalue weighted by Gasteiger charge is 2.54. The lowest BCUT2D eigenvalue weighted by molar-refractivity contribution is -0.160. The standard InChI is InChI=1S/C18H21N5O7S3/c1-18(2,3)30-10(24)6-29-21-11(8-5-19-33-22-8)14(25)20-12-15(26)23-13(17(27)28)9(31-4)7-32-16(12)23/h5,12,16H,6-7H2,1-4H3,(H,20,25)(H,27,28)/b21-11-/t12?,16-/m1/s1. The number of esters is 1. The van der Waals surface area contributed by atoms with E-state index < -0.39 is 47.4 Å². The Morgan fingerprint density at radius 2 is 2.12 bits per heavy atom. The summed E-state index contributed by atoms with van der Waals surface area (Å²) in [5, 5.41) is 15.2. The summed E-state index contributed by atoms with van der Waals surface area (Å²) in [5.41, 5.74) is -0.966. The van der Waals surface area contributed by atoms with Crippen LogP contribution in [0.1, 0.15) is 26.5 Å². The van der Waals surface area contributed by atoms with Crippen LogP contribution in [0.4, 0.5) is 0 Å². The lowest BCUT2D eigenvalue weighted by atomic mass is 10.0. The summed E-state index contributed by atoms with van der Waals surface area (Å²) in [5.74, 6) is -2.80. The van der Waals surface area contributed by atoms with Crippen LogP contribution in [0, 0.1) is 0 Å². The molecular weight excluding hydrogens is 494 g/mol. The van der Waals surface area contributed by atoms with Crippen LogP contribution >= 0.6 is 35.3 Å². The van der Waals surface area contributed by atoms with Crippen molar-refractivity contribution in [3.8, 4) is 0 Å². The van der Waals surface area contributed by atoms with E-state index in [9.17, 15) is 24.3 Å². The predicted octanol–water partition coefficient (Wildman–Crippen LogP) is 0.660. The predicted molar refractivity (Wildman–Crippen MR) is 121 cm³/mol. The number of hydrogen-bond acceptors (Lipinski definition) is 12. The van der Waals surface area contributed by atoms with E-state index in [-0.39, 0.29) is 17.1 Å². The first-order valence-electron chi connectivity index (χ1n) is 9.49. The van der Waals surface area contributed by atoms with Crippen molar-refractivity contribution < 1.29 is 33.9 Å². The number of carbonyl (C=O) groups is 4. The van der Waals surface area contributed by atoms with Gasteiger partial charge in [0.15, 0.2) is 5.71 Å². The molecule has 2 amide bonds. The first-order chi connectivity index (χ1) is 15.5. The van der Waals surface area contributed by atoms with Crippen LogP contribution in [0.25, 0.3) is 0 Å². The second kappa shape index (κ2) is 10.1. The Kier molecular flexibility index (Phi) is 7.64. The zero-order valence-corrected chi connectivity index (χ0v) is 20.5. The number of oxime groups is 1. The molecule has 15 heteroatoms. The molecule has 3 heterocycles. The van der Waals surface area contributed by atoms with Crippen LogP contribution in [-0.2, 0) is 28.8 Å². The molecule has 33 heavy (non-hydrogen) atoms. The Bertz CT molecular complexity index is 1020. The van der Waals surface area contributed by atoms with E-state index in [1.807, 2.05) is 0 Å². The number of rotatable bonds is 8. The van der Waals surface area contributed by atoms with Gasteiger partial charge in [-0.3, -0.25) is 14.5 Å². The van der Waals surface area contributed by atoms with Crippen molar-refractivity contribution in [3.05, 3.63) is 22.5 Å². The number of carbonyl (C=O) groups excluding carboxylic acids is 3. The van der Waals surface area contributed by atoms with Gasteiger partial charge in [-0.05, 0) is 27.0 Å². The molecule has 1 saturated heterocycles. The van der Waals surface area contributed by atoms with Crippen molar-refractivity contribution in [1.82, 2.24) is 19.0 Å². The number of fused-ring (bicyclic) bond motifs is 1. The van der Waals surface area contributed by atoms with Crippen molar-refractivity contribution in [2.24, 2.45) is 5.16 Å². The molecule has 2 aliphatic heterocycles. The van der Waals surface area contributed by atoms with Crippen molar-refractivity contribution in [2.45, 2.75) is 37.8 Å². The fraction of sp³-hybridized carbons (Fsp3) is 0.500. The number of hydrogen-bond donors (Lipinski definition) is 2. The molecule has 178 valence electrons. The van der Waals surface area contributed by atoms with E-state index in [0.29, 0.717) is 10.7 Å². The summed E-state index contributed by atoms with van der Waals surface area (Å²) in [6, 6.07) is -0.956. The number of nitrogens with one attached hydrogen (secondary N) is 1. The number of aliphatic carboxylic acids is 1. The van der Waals surface area contributed by atoms with Gasteiger partial charge in [-0.15, -0.1) is 23.5 Å². The Labute approximate surface area is 201 Å². The summed E-state index contributed by atoms with van der Waals surface area (Å²) < 4.78 is 12.9.